The van der Waals surface area contributed by atoms with Crippen molar-refractivity contribution in [1.29, 1.82) is 0 Å². The smallest absolute Gasteiger partial charge is 0.137 e. The van der Waals surface area contributed by atoms with E-state index in [1.165, 1.54) is 6.07 Å². The predicted molar refractivity (Wildman–Crippen MR) is 83.7 cm³/mol. The Morgan fingerprint density at radius 2 is 1.84 bits per heavy atom. The lowest BCUT2D eigenvalue weighted by molar-refractivity contribution is 0.615. The minimum Gasteiger partial charge on any atom is -0.376 e. The van der Waals surface area contributed by atoms with Crippen molar-refractivity contribution in [3.8, 4) is 0 Å². The molecule has 0 fully saturated rings. The van der Waals surface area contributed by atoms with Gasteiger partial charge >= 0.3 is 0 Å². The Kier molecular flexibility index (Phi) is 4.96. The molecule has 2 nitrogen and oxygen atoms in total. The number of anilines is 1. The molecule has 1 unspecified atom stereocenters. The van der Waals surface area contributed by atoms with Gasteiger partial charge in [0.05, 0.1) is 10.5 Å². The van der Waals surface area contributed by atoms with E-state index in [4.69, 9.17) is 5.73 Å². The Hall–Kier alpha value is -0.910. The van der Waals surface area contributed by atoms with Gasteiger partial charge in [0.25, 0.3) is 0 Å². The molecular formula is C14H13Br2FN2. The van der Waals surface area contributed by atoms with E-state index in [1.54, 1.807) is 6.07 Å². The summed E-state index contributed by atoms with van der Waals surface area (Å²) in [6.07, 6.45) is 0. The molecule has 5 heteroatoms. The summed E-state index contributed by atoms with van der Waals surface area (Å²) in [4.78, 5) is 0. The van der Waals surface area contributed by atoms with Crippen molar-refractivity contribution in [3.05, 3.63) is 62.8 Å². The standard InChI is InChI=1S/C14H13Br2FN2/c15-10-6-5-9(7-12(10)17)14(8-18)19-13-4-2-1-3-11(13)16/h1-7,14,19H,8,18H2. The Morgan fingerprint density at radius 1 is 1.11 bits per heavy atom. The molecule has 0 aliphatic heterocycles. The van der Waals surface area contributed by atoms with Gasteiger partial charge in [0.2, 0.25) is 0 Å². The van der Waals surface area contributed by atoms with Crippen LogP contribution in [0.3, 0.4) is 0 Å². The van der Waals surface area contributed by atoms with Crippen molar-refractivity contribution < 1.29 is 4.39 Å². The van der Waals surface area contributed by atoms with Gasteiger partial charge in [-0.15, -0.1) is 0 Å². The second kappa shape index (κ2) is 6.50. The van der Waals surface area contributed by atoms with Gasteiger partial charge in [0.15, 0.2) is 0 Å². The Morgan fingerprint density at radius 3 is 2.47 bits per heavy atom. The fourth-order valence-electron chi connectivity index (χ4n) is 1.77. The highest BCUT2D eigenvalue weighted by molar-refractivity contribution is 9.10. The van der Waals surface area contributed by atoms with E-state index in [0.717, 1.165) is 15.7 Å². The van der Waals surface area contributed by atoms with Gasteiger partial charge in [-0.3, -0.25) is 0 Å². The average Bonchev–Trinajstić information content (AvgIpc) is 2.41. The molecule has 0 aliphatic carbocycles. The molecule has 0 aromatic heterocycles. The first-order valence-electron chi connectivity index (χ1n) is 5.78. The van der Waals surface area contributed by atoms with E-state index >= 15 is 0 Å². The van der Waals surface area contributed by atoms with Gasteiger partial charge in [-0.2, -0.15) is 0 Å². The van der Waals surface area contributed by atoms with Gasteiger partial charge < -0.3 is 11.1 Å². The lowest BCUT2D eigenvalue weighted by Crippen LogP contribution is -2.21. The van der Waals surface area contributed by atoms with Crippen molar-refractivity contribution in [1.82, 2.24) is 0 Å². The van der Waals surface area contributed by atoms with Crippen LogP contribution in [-0.2, 0) is 0 Å². The van der Waals surface area contributed by atoms with Crippen LogP contribution in [0.25, 0.3) is 0 Å². The lowest BCUT2D eigenvalue weighted by Gasteiger charge is -2.19. The van der Waals surface area contributed by atoms with Gasteiger partial charge in [-0.1, -0.05) is 18.2 Å². The largest absolute Gasteiger partial charge is 0.376 e. The third-order valence-electron chi connectivity index (χ3n) is 2.79. The Bertz CT molecular complexity index is 575. The lowest BCUT2D eigenvalue weighted by atomic mass is 10.1. The van der Waals surface area contributed by atoms with Crippen LogP contribution < -0.4 is 11.1 Å². The van der Waals surface area contributed by atoms with Crippen LogP contribution >= 0.6 is 31.9 Å². The van der Waals surface area contributed by atoms with E-state index in [2.05, 4.69) is 37.2 Å². The number of hydrogen-bond donors (Lipinski definition) is 2. The number of halogens is 3. The van der Waals surface area contributed by atoms with Gasteiger partial charge in [-0.25, -0.2) is 4.39 Å². The van der Waals surface area contributed by atoms with Crippen molar-refractivity contribution >= 4 is 37.5 Å². The zero-order chi connectivity index (χ0) is 13.8. The molecule has 0 heterocycles. The van der Waals surface area contributed by atoms with Crippen molar-refractivity contribution in [3.63, 3.8) is 0 Å². The molecule has 0 radical (unpaired) electrons. The maximum absolute atomic E-state index is 13.6. The summed E-state index contributed by atoms with van der Waals surface area (Å²) in [6.45, 7) is 0.377. The molecule has 0 aliphatic rings. The van der Waals surface area contributed by atoms with Gasteiger partial charge in [0, 0.05) is 16.7 Å². The van der Waals surface area contributed by atoms with Crippen LogP contribution in [0.1, 0.15) is 11.6 Å². The van der Waals surface area contributed by atoms with Gasteiger partial charge in [-0.05, 0) is 61.7 Å². The zero-order valence-corrected chi connectivity index (χ0v) is 13.2. The highest BCUT2D eigenvalue weighted by Gasteiger charge is 2.12. The molecule has 2 aromatic carbocycles. The first kappa shape index (κ1) is 14.5. The normalized spacial score (nSPS) is 12.2. The average molecular weight is 388 g/mol. The fourth-order valence-corrected chi connectivity index (χ4v) is 2.42. The molecule has 0 amide bonds. The van der Waals surface area contributed by atoms with Crippen LogP contribution in [0.2, 0.25) is 0 Å². The van der Waals surface area contributed by atoms with Crippen LogP contribution in [0.15, 0.2) is 51.4 Å². The van der Waals surface area contributed by atoms with E-state index in [1.807, 2.05) is 30.3 Å². The molecule has 2 rings (SSSR count). The fraction of sp³-hybridized carbons (Fsp3) is 0.143. The number of rotatable bonds is 4. The van der Waals surface area contributed by atoms with Crippen LogP contribution in [0.5, 0.6) is 0 Å². The highest BCUT2D eigenvalue weighted by atomic mass is 79.9. The third kappa shape index (κ3) is 3.55. The minimum absolute atomic E-state index is 0.138. The van der Waals surface area contributed by atoms with Crippen molar-refractivity contribution in [2.24, 2.45) is 5.73 Å². The second-order valence-corrected chi connectivity index (χ2v) is 5.79. The second-order valence-electron chi connectivity index (χ2n) is 4.09. The monoisotopic (exact) mass is 386 g/mol. The maximum Gasteiger partial charge on any atom is 0.137 e. The van der Waals surface area contributed by atoms with Crippen molar-refractivity contribution in [2.45, 2.75) is 6.04 Å². The predicted octanol–water partition coefficient (Wildman–Crippen LogP) is 4.46. The number of nitrogens with one attached hydrogen (secondary N) is 1. The minimum atomic E-state index is -0.287. The highest BCUT2D eigenvalue weighted by Crippen LogP contribution is 2.27. The van der Waals surface area contributed by atoms with Crippen LogP contribution in [-0.4, -0.2) is 6.54 Å². The molecule has 2 aromatic rings. The van der Waals surface area contributed by atoms with E-state index < -0.39 is 0 Å². The quantitative estimate of drug-likeness (QED) is 0.812. The SMILES string of the molecule is NCC(Nc1ccccc1Br)c1ccc(Br)c(F)c1. The Balaban J connectivity index is 2.25. The first-order chi connectivity index (χ1) is 9.11. The first-order valence-corrected chi connectivity index (χ1v) is 7.36. The zero-order valence-electron chi connectivity index (χ0n) is 10.0. The van der Waals surface area contributed by atoms with Crippen molar-refractivity contribution in [2.75, 3.05) is 11.9 Å². The van der Waals surface area contributed by atoms with E-state index in [9.17, 15) is 4.39 Å². The molecule has 1 atom stereocenters. The topological polar surface area (TPSA) is 38.0 Å². The van der Waals surface area contributed by atoms with Crippen LogP contribution in [0.4, 0.5) is 10.1 Å². The summed E-state index contributed by atoms with van der Waals surface area (Å²) in [5.74, 6) is -0.287. The van der Waals surface area contributed by atoms with Crippen LogP contribution in [0, 0.1) is 5.82 Å². The maximum atomic E-state index is 13.6. The number of nitrogens with two attached hydrogens (primary N) is 1. The molecule has 19 heavy (non-hydrogen) atoms. The summed E-state index contributed by atoms with van der Waals surface area (Å²) in [6, 6.07) is 12.7. The summed E-state index contributed by atoms with van der Waals surface area (Å²) >= 11 is 6.61. The molecule has 0 spiro atoms. The van der Waals surface area contributed by atoms with Gasteiger partial charge in [0.1, 0.15) is 5.82 Å². The molecule has 3 N–H and O–H groups in total. The molecule has 0 bridgehead atoms. The third-order valence-corrected chi connectivity index (χ3v) is 4.12. The van der Waals surface area contributed by atoms with E-state index in [0.29, 0.717) is 11.0 Å². The molecule has 100 valence electrons. The summed E-state index contributed by atoms with van der Waals surface area (Å²) in [5, 5.41) is 3.31. The molecule has 0 saturated carbocycles. The van der Waals surface area contributed by atoms with E-state index in [-0.39, 0.29) is 11.9 Å². The number of benzene rings is 2. The Labute approximate surface area is 128 Å². The summed E-state index contributed by atoms with van der Waals surface area (Å²) < 4.78 is 15.0. The molecule has 0 saturated heterocycles. The summed E-state index contributed by atoms with van der Waals surface area (Å²) in [7, 11) is 0. The number of hydrogen-bond acceptors (Lipinski definition) is 2. The summed E-state index contributed by atoms with van der Waals surface area (Å²) in [5.41, 5.74) is 7.53. The molecular weight excluding hydrogens is 375 g/mol. The number of para-hydroxylation sites is 1.